The Hall–Kier alpha value is -3.17. The Morgan fingerprint density at radius 3 is 2.53 bits per heavy atom. The lowest BCUT2D eigenvalue weighted by Gasteiger charge is -2.12. The van der Waals surface area contributed by atoms with E-state index in [9.17, 15) is 9.59 Å². The quantitative estimate of drug-likeness (QED) is 0.496. The van der Waals surface area contributed by atoms with Crippen molar-refractivity contribution in [2.45, 2.75) is 26.7 Å². The minimum Gasteiger partial charge on any atom is -0.492 e. The molecule has 3 aromatic rings. The predicted molar refractivity (Wildman–Crippen MR) is 116 cm³/mol. The second-order valence-corrected chi connectivity index (χ2v) is 6.63. The van der Waals surface area contributed by atoms with Gasteiger partial charge in [0.15, 0.2) is 5.65 Å². The third kappa shape index (κ3) is 5.05. The lowest BCUT2D eigenvalue weighted by atomic mass is 10.1. The summed E-state index contributed by atoms with van der Waals surface area (Å²) in [6.45, 7) is 4.62. The number of halogens is 1. The van der Waals surface area contributed by atoms with Crippen LogP contribution >= 0.6 is 12.4 Å². The van der Waals surface area contributed by atoms with Crippen molar-refractivity contribution in [3.05, 3.63) is 53.0 Å². The van der Waals surface area contributed by atoms with Gasteiger partial charge in [-0.15, -0.1) is 12.4 Å². The highest BCUT2D eigenvalue weighted by molar-refractivity contribution is 5.98. The van der Waals surface area contributed by atoms with Crippen LogP contribution in [0.3, 0.4) is 0 Å². The van der Waals surface area contributed by atoms with E-state index in [-0.39, 0.29) is 30.3 Å². The minimum absolute atomic E-state index is 0. The molecule has 0 aliphatic rings. The number of nitrogens with zero attached hydrogens (tertiary/aromatic N) is 3. The summed E-state index contributed by atoms with van der Waals surface area (Å²) in [7, 11) is 0. The summed E-state index contributed by atoms with van der Waals surface area (Å²) in [5.74, 6) is 0.0179. The highest BCUT2D eigenvalue weighted by Crippen LogP contribution is 2.19. The Kier molecular flexibility index (Phi) is 7.73. The van der Waals surface area contributed by atoms with Gasteiger partial charge < -0.3 is 21.5 Å². The largest absolute Gasteiger partial charge is 0.492 e. The SMILES string of the molecule is Cc1nc2c(C(N)=O)cnn2c(C)c1CCC(=O)Nc1ccc(OCCN)cc1.Cl. The fourth-order valence-corrected chi connectivity index (χ4v) is 3.12. The smallest absolute Gasteiger partial charge is 0.254 e. The number of carbonyl (C=O) groups excluding carboxylic acids is 2. The minimum atomic E-state index is -0.571. The highest BCUT2D eigenvalue weighted by Gasteiger charge is 2.17. The molecular formula is C20H25ClN6O3. The number of amides is 2. The predicted octanol–water partition coefficient (Wildman–Crippen LogP) is 1.78. The molecule has 5 N–H and O–H groups in total. The molecule has 10 heteroatoms. The van der Waals surface area contributed by atoms with Crippen LogP contribution in [0.4, 0.5) is 5.69 Å². The molecule has 30 heavy (non-hydrogen) atoms. The molecule has 0 radical (unpaired) electrons. The molecule has 0 unspecified atom stereocenters. The van der Waals surface area contributed by atoms with Crippen molar-refractivity contribution < 1.29 is 14.3 Å². The lowest BCUT2D eigenvalue weighted by Crippen LogP contribution is -2.15. The number of aromatic nitrogens is 3. The fraction of sp³-hybridized carbons (Fsp3) is 0.300. The third-order valence-corrected chi connectivity index (χ3v) is 4.60. The number of carbonyl (C=O) groups is 2. The van der Waals surface area contributed by atoms with Crippen molar-refractivity contribution in [1.29, 1.82) is 0 Å². The molecule has 0 saturated heterocycles. The summed E-state index contributed by atoms with van der Waals surface area (Å²) >= 11 is 0. The first-order chi connectivity index (χ1) is 13.9. The van der Waals surface area contributed by atoms with Gasteiger partial charge in [-0.3, -0.25) is 9.59 Å². The second-order valence-electron chi connectivity index (χ2n) is 6.63. The van der Waals surface area contributed by atoms with E-state index in [1.165, 1.54) is 6.20 Å². The topological polar surface area (TPSA) is 138 Å². The Balaban J connectivity index is 0.00000320. The van der Waals surface area contributed by atoms with E-state index in [1.807, 2.05) is 13.8 Å². The zero-order valence-corrected chi connectivity index (χ0v) is 17.7. The van der Waals surface area contributed by atoms with Crippen molar-refractivity contribution in [1.82, 2.24) is 14.6 Å². The number of ether oxygens (including phenoxy) is 1. The molecule has 9 nitrogen and oxygen atoms in total. The molecule has 0 aliphatic heterocycles. The number of aryl methyl sites for hydroxylation is 2. The first-order valence-corrected chi connectivity index (χ1v) is 9.27. The van der Waals surface area contributed by atoms with E-state index in [2.05, 4.69) is 15.4 Å². The summed E-state index contributed by atoms with van der Waals surface area (Å²) in [5.41, 5.74) is 14.7. The average Bonchev–Trinajstić information content (AvgIpc) is 3.11. The summed E-state index contributed by atoms with van der Waals surface area (Å²) in [6, 6.07) is 7.13. The van der Waals surface area contributed by atoms with E-state index >= 15 is 0 Å². The molecule has 2 amide bonds. The van der Waals surface area contributed by atoms with Gasteiger partial charge in [0.25, 0.3) is 5.91 Å². The zero-order valence-electron chi connectivity index (χ0n) is 16.8. The fourth-order valence-electron chi connectivity index (χ4n) is 3.12. The Morgan fingerprint density at radius 2 is 1.90 bits per heavy atom. The molecule has 0 spiro atoms. The average molecular weight is 433 g/mol. The van der Waals surface area contributed by atoms with Crippen LogP contribution in [0, 0.1) is 13.8 Å². The number of anilines is 1. The summed E-state index contributed by atoms with van der Waals surface area (Å²) < 4.78 is 7.00. The molecular weight excluding hydrogens is 408 g/mol. The molecule has 1 aromatic carbocycles. The molecule has 0 fully saturated rings. The van der Waals surface area contributed by atoms with Crippen molar-refractivity contribution in [3.8, 4) is 5.75 Å². The monoisotopic (exact) mass is 432 g/mol. The van der Waals surface area contributed by atoms with Crippen LogP contribution in [-0.2, 0) is 11.2 Å². The van der Waals surface area contributed by atoms with Crippen molar-refractivity contribution in [2.75, 3.05) is 18.5 Å². The van der Waals surface area contributed by atoms with Crippen LogP contribution in [-0.4, -0.2) is 39.6 Å². The standard InChI is InChI=1S/C20H24N6O3.ClH/c1-12-16(13(2)26-20(24-12)17(11-23-26)19(22)28)7-8-18(27)25-14-3-5-15(6-4-14)29-10-9-21;/h3-6,11H,7-10,21H2,1-2H3,(H2,22,28)(H,25,27);1H. The van der Waals surface area contributed by atoms with Gasteiger partial charge in [0.1, 0.15) is 17.9 Å². The number of fused-ring (bicyclic) bond motifs is 1. The maximum Gasteiger partial charge on any atom is 0.254 e. The van der Waals surface area contributed by atoms with Gasteiger partial charge in [0, 0.05) is 30.0 Å². The molecule has 2 heterocycles. The number of nitrogens with two attached hydrogens (primary N) is 2. The molecule has 0 atom stereocenters. The molecule has 160 valence electrons. The van der Waals surface area contributed by atoms with E-state index in [1.54, 1.807) is 28.8 Å². The maximum atomic E-state index is 12.4. The van der Waals surface area contributed by atoms with Crippen LogP contribution < -0.4 is 21.5 Å². The first-order valence-electron chi connectivity index (χ1n) is 9.27. The molecule has 0 saturated carbocycles. The number of nitrogens with one attached hydrogen (secondary N) is 1. The van der Waals surface area contributed by atoms with E-state index in [4.69, 9.17) is 16.2 Å². The molecule has 0 aliphatic carbocycles. The van der Waals surface area contributed by atoms with Crippen molar-refractivity contribution in [2.24, 2.45) is 11.5 Å². The van der Waals surface area contributed by atoms with Gasteiger partial charge in [0.2, 0.25) is 5.91 Å². The van der Waals surface area contributed by atoms with Gasteiger partial charge in [-0.25, -0.2) is 9.50 Å². The van der Waals surface area contributed by atoms with Gasteiger partial charge >= 0.3 is 0 Å². The van der Waals surface area contributed by atoms with Gasteiger partial charge in [-0.2, -0.15) is 5.10 Å². The van der Waals surface area contributed by atoms with Crippen molar-refractivity contribution >= 4 is 35.6 Å². The second kappa shape index (κ2) is 10.0. The van der Waals surface area contributed by atoms with Crippen LogP contribution in [0.15, 0.2) is 30.5 Å². The number of rotatable bonds is 8. The van der Waals surface area contributed by atoms with Crippen LogP contribution in [0.25, 0.3) is 5.65 Å². The van der Waals surface area contributed by atoms with Gasteiger partial charge in [-0.05, 0) is 50.1 Å². The van der Waals surface area contributed by atoms with Crippen LogP contribution in [0.5, 0.6) is 5.75 Å². The van der Waals surface area contributed by atoms with Crippen molar-refractivity contribution in [3.63, 3.8) is 0 Å². The summed E-state index contributed by atoms with van der Waals surface area (Å²) in [4.78, 5) is 28.3. The van der Waals surface area contributed by atoms with Gasteiger partial charge in [0.05, 0.1) is 6.20 Å². The normalized spacial score (nSPS) is 10.5. The zero-order chi connectivity index (χ0) is 21.0. The number of hydrogen-bond acceptors (Lipinski definition) is 6. The Bertz CT molecular complexity index is 1050. The highest BCUT2D eigenvalue weighted by atomic mass is 35.5. The Labute approximate surface area is 180 Å². The number of hydrogen-bond donors (Lipinski definition) is 3. The van der Waals surface area contributed by atoms with E-state index < -0.39 is 5.91 Å². The van der Waals surface area contributed by atoms with Gasteiger partial charge in [-0.1, -0.05) is 0 Å². The first kappa shape index (κ1) is 23.1. The summed E-state index contributed by atoms with van der Waals surface area (Å²) in [6.07, 6.45) is 2.19. The van der Waals surface area contributed by atoms with Crippen LogP contribution in [0.2, 0.25) is 0 Å². The molecule has 2 aromatic heterocycles. The number of benzene rings is 1. The van der Waals surface area contributed by atoms with E-state index in [0.717, 1.165) is 17.0 Å². The third-order valence-electron chi connectivity index (χ3n) is 4.60. The maximum absolute atomic E-state index is 12.4. The molecule has 0 bridgehead atoms. The summed E-state index contributed by atoms with van der Waals surface area (Å²) in [5, 5.41) is 7.07. The van der Waals surface area contributed by atoms with E-state index in [0.29, 0.717) is 36.7 Å². The molecule has 3 rings (SSSR count). The van der Waals surface area contributed by atoms with Crippen LogP contribution in [0.1, 0.15) is 33.7 Å². The number of primary amides is 1. The lowest BCUT2D eigenvalue weighted by molar-refractivity contribution is -0.116. The Morgan fingerprint density at radius 1 is 1.20 bits per heavy atom.